The Kier molecular flexibility index (Phi) is 3.67. The van der Waals surface area contributed by atoms with Crippen LogP contribution in [0.3, 0.4) is 0 Å². The number of rotatable bonds is 4. The van der Waals surface area contributed by atoms with E-state index in [0.717, 1.165) is 39.8 Å². The maximum atomic E-state index is 11.0. The minimum Gasteiger partial charge on any atom is -0.481 e. The van der Waals surface area contributed by atoms with E-state index in [1.807, 2.05) is 36.4 Å². The lowest BCUT2D eigenvalue weighted by atomic mass is 9.80. The van der Waals surface area contributed by atoms with Gasteiger partial charge in [-0.2, -0.15) is 0 Å². The van der Waals surface area contributed by atoms with Crippen LogP contribution in [0.15, 0.2) is 36.4 Å². The summed E-state index contributed by atoms with van der Waals surface area (Å²) in [5.74, 6) is -1.70. The van der Waals surface area contributed by atoms with Gasteiger partial charge in [-0.15, -0.1) is 0 Å². The maximum Gasteiger partial charge on any atom is 0.307 e. The molecule has 3 rings (SSSR count). The highest BCUT2D eigenvalue weighted by atomic mass is 16.4. The lowest BCUT2D eigenvalue weighted by molar-refractivity contribution is -0.137. The summed E-state index contributed by atoms with van der Waals surface area (Å²) < 4.78 is 0. The second-order valence-electron chi connectivity index (χ2n) is 5.60. The Morgan fingerprint density at radius 3 is 1.64 bits per heavy atom. The Morgan fingerprint density at radius 2 is 1.23 bits per heavy atom. The summed E-state index contributed by atoms with van der Waals surface area (Å²) in [6.45, 7) is 0. The Bertz CT molecular complexity index is 698. The average Bonchev–Trinajstić information content (AvgIpc) is 2.45. The minimum absolute atomic E-state index is 0.000393. The molecule has 0 atom stereocenters. The van der Waals surface area contributed by atoms with E-state index in [4.69, 9.17) is 10.2 Å². The molecule has 0 aliphatic heterocycles. The first kappa shape index (κ1) is 14.3. The SMILES string of the molecule is O=C(O)Cc1cccc2c1Cc1c(CC(=O)O)cccc1C2. The molecule has 0 amide bonds. The van der Waals surface area contributed by atoms with Crippen molar-refractivity contribution < 1.29 is 19.8 Å². The van der Waals surface area contributed by atoms with Gasteiger partial charge in [0.2, 0.25) is 0 Å². The van der Waals surface area contributed by atoms with Crippen molar-refractivity contribution in [3.05, 3.63) is 69.8 Å². The van der Waals surface area contributed by atoms with Gasteiger partial charge in [-0.05, 0) is 46.2 Å². The molecule has 22 heavy (non-hydrogen) atoms. The lowest BCUT2D eigenvalue weighted by Gasteiger charge is -2.24. The van der Waals surface area contributed by atoms with Gasteiger partial charge in [-0.3, -0.25) is 9.59 Å². The van der Waals surface area contributed by atoms with Gasteiger partial charge >= 0.3 is 11.9 Å². The largest absolute Gasteiger partial charge is 0.481 e. The number of carboxylic acids is 2. The minimum atomic E-state index is -0.849. The monoisotopic (exact) mass is 296 g/mol. The van der Waals surface area contributed by atoms with Gasteiger partial charge in [0, 0.05) is 0 Å². The summed E-state index contributed by atoms with van der Waals surface area (Å²) in [7, 11) is 0. The number of aliphatic carboxylic acids is 2. The molecule has 4 heteroatoms. The van der Waals surface area contributed by atoms with Crippen molar-refractivity contribution in [1.29, 1.82) is 0 Å². The molecule has 0 saturated heterocycles. The fourth-order valence-electron chi connectivity index (χ4n) is 3.20. The molecule has 0 unspecified atom stereocenters. The third kappa shape index (κ3) is 2.72. The third-order valence-electron chi connectivity index (χ3n) is 4.16. The van der Waals surface area contributed by atoms with Crippen molar-refractivity contribution in [3.8, 4) is 0 Å². The van der Waals surface area contributed by atoms with Crippen LogP contribution in [0, 0.1) is 0 Å². The Hall–Kier alpha value is -2.62. The molecule has 4 nitrogen and oxygen atoms in total. The van der Waals surface area contributed by atoms with Crippen LogP contribution < -0.4 is 0 Å². The van der Waals surface area contributed by atoms with E-state index in [1.165, 1.54) is 0 Å². The van der Waals surface area contributed by atoms with Gasteiger partial charge in [0.25, 0.3) is 0 Å². The molecule has 2 N–H and O–H groups in total. The summed E-state index contributed by atoms with van der Waals surface area (Å²) in [6, 6.07) is 11.5. The molecule has 1 aliphatic carbocycles. The van der Waals surface area contributed by atoms with Crippen LogP contribution in [0.25, 0.3) is 0 Å². The van der Waals surface area contributed by atoms with Gasteiger partial charge in [0.05, 0.1) is 12.8 Å². The zero-order chi connectivity index (χ0) is 15.7. The van der Waals surface area contributed by atoms with Crippen LogP contribution in [-0.2, 0) is 35.3 Å². The van der Waals surface area contributed by atoms with Gasteiger partial charge in [-0.1, -0.05) is 36.4 Å². The second-order valence-corrected chi connectivity index (χ2v) is 5.60. The molecule has 2 aromatic rings. The molecule has 0 aromatic heterocycles. The number of hydrogen-bond acceptors (Lipinski definition) is 2. The third-order valence-corrected chi connectivity index (χ3v) is 4.16. The zero-order valence-electron chi connectivity index (χ0n) is 12.0. The average molecular weight is 296 g/mol. The summed E-state index contributed by atoms with van der Waals surface area (Å²) in [6.07, 6.45) is 1.34. The van der Waals surface area contributed by atoms with Gasteiger partial charge in [-0.25, -0.2) is 0 Å². The highest BCUT2D eigenvalue weighted by Gasteiger charge is 2.21. The predicted octanol–water partition coefficient (Wildman–Crippen LogP) is 2.44. The molecule has 0 spiro atoms. The Labute approximate surface area is 128 Å². The van der Waals surface area contributed by atoms with Crippen LogP contribution >= 0.6 is 0 Å². The van der Waals surface area contributed by atoms with Crippen molar-refractivity contribution in [2.45, 2.75) is 25.7 Å². The molecular weight excluding hydrogens is 280 g/mol. The van der Waals surface area contributed by atoms with E-state index < -0.39 is 11.9 Å². The van der Waals surface area contributed by atoms with Gasteiger partial charge in [0.1, 0.15) is 0 Å². The fourth-order valence-corrected chi connectivity index (χ4v) is 3.20. The van der Waals surface area contributed by atoms with Crippen molar-refractivity contribution in [3.63, 3.8) is 0 Å². The number of hydrogen-bond donors (Lipinski definition) is 2. The number of benzene rings is 2. The molecule has 2 aromatic carbocycles. The molecule has 0 bridgehead atoms. The summed E-state index contributed by atoms with van der Waals surface area (Å²) in [5.41, 5.74) is 5.99. The van der Waals surface area contributed by atoms with Crippen LogP contribution in [0.4, 0.5) is 0 Å². The van der Waals surface area contributed by atoms with Crippen molar-refractivity contribution in [1.82, 2.24) is 0 Å². The van der Waals surface area contributed by atoms with E-state index in [2.05, 4.69) is 0 Å². The molecule has 0 saturated carbocycles. The first-order valence-corrected chi connectivity index (χ1v) is 7.17. The molecule has 112 valence electrons. The topological polar surface area (TPSA) is 74.6 Å². The van der Waals surface area contributed by atoms with Gasteiger partial charge < -0.3 is 10.2 Å². The standard InChI is InChI=1S/C18H16O4/c19-17(20)8-13-5-1-3-11-7-12-4-2-6-14(9-18(21)22)16(12)10-15(11)13/h1-6H,7-10H2,(H,19,20)(H,21,22). The lowest BCUT2D eigenvalue weighted by Crippen LogP contribution is -2.15. The number of carboxylic acid groups (broad SMARTS) is 2. The molecule has 1 aliphatic rings. The highest BCUT2D eigenvalue weighted by Crippen LogP contribution is 2.31. The van der Waals surface area contributed by atoms with E-state index in [0.29, 0.717) is 6.42 Å². The van der Waals surface area contributed by atoms with Crippen molar-refractivity contribution >= 4 is 11.9 Å². The van der Waals surface area contributed by atoms with Crippen LogP contribution in [0.2, 0.25) is 0 Å². The van der Waals surface area contributed by atoms with Crippen LogP contribution in [0.5, 0.6) is 0 Å². The highest BCUT2D eigenvalue weighted by molar-refractivity contribution is 5.73. The first-order valence-electron chi connectivity index (χ1n) is 7.17. The fraction of sp³-hybridized carbons (Fsp3) is 0.222. The second kappa shape index (κ2) is 5.64. The van der Waals surface area contributed by atoms with Crippen molar-refractivity contribution in [2.24, 2.45) is 0 Å². The normalized spacial score (nSPS) is 12.4. The molecule has 0 radical (unpaired) electrons. The predicted molar refractivity (Wildman–Crippen MR) is 81.2 cm³/mol. The van der Waals surface area contributed by atoms with E-state index in [1.54, 1.807) is 0 Å². The first-order chi connectivity index (χ1) is 10.5. The van der Waals surface area contributed by atoms with E-state index >= 15 is 0 Å². The quantitative estimate of drug-likeness (QED) is 0.775. The number of carbonyl (C=O) groups is 2. The molecular formula is C18H16O4. The van der Waals surface area contributed by atoms with Gasteiger partial charge in [0.15, 0.2) is 0 Å². The molecule has 0 fully saturated rings. The molecule has 0 heterocycles. The van der Waals surface area contributed by atoms with E-state index in [-0.39, 0.29) is 12.8 Å². The zero-order valence-corrected chi connectivity index (χ0v) is 12.0. The number of fused-ring (bicyclic) bond motifs is 2. The maximum absolute atomic E-state index is 11.0. The smallest absolute Gasteiger partial charge is 0.307 e. The summed E-state index contributed by atoms with van der Waals surface area (Å²) >= 11 is 0. The Balaban J connectivity index is 2.04. The van der Waals surface area contributed by atoms with Crippen LogP contribution in [-0.4, -0.2) is 22.2 Å². The Morgan fingerprint density at radius 1 is 0.773 bits per heavy atom. The van der Waals surface area contributed by atoms with Crippen LogP contribution in [0.1, 0.15) is 33.4 Å². The van der Waals surface area contributed by atoms with E-state index in [9.17, 15) is 9.59 Å². The summed E-state index contributed by atoms with van der Waals surface area (Å²) in [4.78, 5) is 22.1. The summed E-state index contributed by atoms with van der Waals surface area (Å²) in [5, 5.41) is 18.1. The van der Waals surface area contributed by atoms with Crippen molar-refractivity contribution in [2.75, 3.05) is 0 Å².